The van der Waals surface area contributed by atoms with Crippen LogP contribution in [0, 0.1) is 0 Å². The number of piperidine rings is 1. The number of likely N-dealkylation sites (tertiary alicyclic amines) is 1. The third-order valence-electron chi connectivity index (χ3n) is 3.70. The van der Waals surface area contributed by atoms with Crippen molar-refractivity contribution in [2.45, 2.75) is 45.7 Å². The Morgan fingerprint density at radius 2 is 1.77 bits per heavy atom. The quantitative estimate of drug-likeness (QED) is 0.547. The van der Waals surface area contributed by atoms with Crippen LogP contribution in [-0.4, -0.2) is 75.5 Å². The van der Waals surface area contributed by atoms with E-state index in [4.69, 9.17) is 9.47 Å². The number of carbonyl (C=O) groups is 1. The average molecular weight is 315 g/mol. The van der Waals surface area contributed by atoms with Crippen molar-refractivity contribution in [3.63, 3.8) is 0 Å². The predicted molar refractivity (Wildman–Crippen MR) is 88.1 cm³/mol. The average Bonchev–Trinajstić information content (AvgIpc) is 2.46. The lowest BCUT2D eigenvalue weighted by molar-refractivity contribution is -0.119. The van der Waals surface area contributed by atoms with E-state index in [2.05, 4.69) is 29.4 Å². The first-order valence-corrected chi connectivity index (χ1v) is 8.46. The molecule has 0 aromatic carbocycles. The Balaban J connectivity index is 1.86. The minimum Gasteiger partial charge on any atom is -0.378 e. The smallest absolute Gasteiger partial charge is 0.216 e. The maximum atomic E-state index is 10.6. The number of rotatable bonds is 11. The van der Waals surface area contributed by atoms with E-state index in [0.29, 0.717) is 38.4 Å². The molecule has 1 amide bonds. The van der Waals surface area contributed by atoms with Crippen molar-refractivity contribution >= 4 is 5.91 Å². The molecule has 1 fully saturated rings. The van der Waals surface area contributed by atoms with Crippen LogP contribution < -0.4 is 10.6 Å². The number of hydrogen-bond donors (Lipinski definition) is 2. The summed E-state index contributed by atoms with van der Waals surface area (Å²) in [4.78, 5) is 13.1. The third-order valence-corrected chi connectivity index (χ3v) is 3.70. The molecule has 6 nitrogen and oxygen atoms in total. The van der Waals surface area contributed by atoms with E-state index in [0.717, 1.165) is 26.2 Å². The topological polar surface area (TPSA) is 62.8 Å². The van der Waals surface area contributed by atoms with Crippen molar-refractivity contribution in [2.75, 3.05) is 52.6 Å². The number of nitrogens with zero attached hydrogens (tertiary/aromatic N) is 1. The van der Waals surface area contributed by atoms with Crippen LogP contribution in [0.15, 0.2) is 0 Å². The van der Waals surface area contributed by atoms with E-state index < -0.39 is 0 Å². The van der Waals surface area contributed by atoms with Gasteiger partial charge in [0, 0.05) is 32.1 Å². The first-order chi connectivity index (χ1) is 10.6. The molecule has 1 heterocycles. The molecule has 0 spiro atoms. The molecule has 1 aliphatic rings. The third kappa shape index (κ3) is 10.1. The molecule has 0 unspecified atom stereocenters. The normalized spacial score (nSPS) is 17.1. The molecule has 0 aliphatic carbocycles. The minimum atomic E-state index is -0.0211. The van der Waals surface area contributed by atoms with Gasteiger partial charge in [-0.3, -0.25) is 4.79 Å². The van der Waals surface area contributed by atoms with Gasteiger partial charge in [0.1, 0.15) is 0 Å². The van der Waals surface area contributed by atoms with Gasteiger partial charge in [0.05, 0.1) is 26.4 Å². The molecule has 22 heavy (non-hydrogen) atoms. The van der Waals surface area contributed by atoms with Gasteiger partial charge in [0.2, 0.25) is 5.91 Å². The highest BCUT2D eigenvalue weighted by atomic mass is 16.5. The van der Waals surface area contributed by atoms with Crippen LogP contribution in [0.5, 0.6) is 0 Å². The van der Waals surface area contributed by atoms with Gasteiger partial charge in [0.25, 0.3) is 0 Å². The van der Waals surface area contributed by atoms with Gasteiger partial charge < -0.3 is 25.0 Å². The molecule has 2 N–H and O–H groups in total. The maximum absolute atomic E-state index is 10.6. The minimum absolute atomic E-state index is 0.0211. The molecule has 0 saturated carbocycles. The van der Waals surface area contributed by atoms with Gasteiger partial charge in [0.15, 0.2) is 0 Å². The molecule has 1 saturated heterocycles. The van der Waals surface area contributed by atoms with Crippen molar-refractivity contribution in [1.29, 1.82) is 0 Å². The Kier molecular flexibility index (Phi) is 10.4. The largest absolute Gasteiger partial charge is 0.378 e. The summed E-state index contributed by atoms with van der Waals surface area (Å²) in [6.45, 7) is 12.3. The Labute approximate surface area is 134 Å². The Hall–Kier alpha value is -0.690. The lowest BCUT2D eigenvalue weighted by atomic mass is 10.0. The summed E-state index contributed by atoms with van der Waals surface area (Å²) in [5.41, 5.74) is 0. The summed E-state index contributed by atoms with van der Waals surface area (Å²) in [6, 6.07) is 1.25. The molecule has 0 bridgehead atoms. The van der Waals surface area contributed by atoms with E-state index in [-0.39, 0.29) is 5.91 Å². The second-order valence-electron chi connectivity index (χ2n) is 6.14. The number of carbonyl (C=O) groups excluding carboxylic acids is 1. The van der Waals surface area contributed by atoms with Gasteiger partial charge in [-0.2, -0.15) is 0 Å². The second-order valence-corrected chi connectivity index (χ2v) is 6.14. The number of amides is 1. The van der Waals surface area contributed by atoms with Crippen molar-refractivity contribution in [3.8, 4) is 0 Å². The Morgan fingerprint density at radius 3 is 2.36 bits per heavy atom. The fourth-order valence-corrected chi connectivity index (χ4v) is 2.61. The molecule has 130 valence electrons. The van der Waals surface area contributed by atoms with Crippen LogP contribution in [0.25, 0.3) is 0 Å². The van der Waals surface area contributed by atoms with Gasteiger partial charge >= 0.3 is 0 Å². The maximum Gasteiger partial charge on any atom is 0.216 e. The van der Waals surface area contributed by atoms with Crippen LogP contribution in [-0.2, 0) is 14.3 Å². The molecule has 6 heteroatoms. The van der Waals surface area contributed by atoms with Crippen LogP contribution in [0.3, 0.4) is 0 Å². The predicted octanol–water partition coefficient (Wildman–Crippen LogP) is 0.618. The van der Waals surface area contributed by atoms with Crippen LogP contribution in [0.1, 0.15) is 33.6 Å². The van der Waals surface area contributed by atoms with E-state index in [1.165, 1.54) is 19.8 Å². The highest BCUT2D eigenvalue weighted by Crippen LogP contribution is 2.10. The summed E-state index contributed by atoms with van der Waals surface area (Å²) in [6.07, 6.45) is 2.45. The molecule has 0 atom stereocenters. The van der Waals surface area contributed by atoms with Crippen LogP contribution >= 0.6 is 0 Å². The molecule has 1 rings (SSSR count). The van der Waals surface area contributed by atoms with E-state index in [1.807, 2.05) is 0 Å². The molecular formula is C16H33N3O3. The van der Waals surface area contributed by atoms with Crippen molar-refractivity contribution in [1.82, 2.24) is 15.5 Å². The number of nitrogens with one attached hydrogen (secondary N) is 2. The monoisotopic (exact) mass is 315 g/mol. The lowest BCUT2D eigenvalue weighted by Crippen LogP contribution is -2.45. The molecule has 0 aromatic rings. The lowest BCUT2D eigenvalue weighted by Gasteiger charge is -2.33. The van der Waals surface area contributed by atoms with Gasteiger partial charge in [-0.15, -0.1) is 0 Å². The van der Waals surface area contributed by atoms with E-state index in [1.54, 1.807) is 0 Å². The first-order valence-electron chi connectivity index (χ1n) is 8.46. The zero-order valence-electron chi connectivity index (χ0n) is 14.4. The standard InChI is InChI=1S/C16H33N3O3/c1-14(2)18-16-4-7-19(8-5-16)9-11-22-13-12-21-10-6-17-15(3)20/h14,16,18H,4-13H2,1-3H3,(H,17,20). The van der Waals surface area contributed by atoms with Crippen molar-refractivity contribution < 1.29 is 14.3 Å². The SMILES string of the molecule is CC(=O)NCCOCCOCCN1CCC(NC(C)C)CC1. The first kappa shape index (κ1) is 19.4. The van der Waals surface area contributed by atoms with E-state index in [9.17, 15) is 4.79 Å². The van der Waals surface area contributed by atoms with Crippen molar-refractivity contribution in [3.05, 3.63) is 0 Å². The van der Waals surface area contributed by atoms with Gasteiger partial charge in [-0.1, -0.05) is 13.8 Å². The summed E-state index contributed by atoms with van der Waals surface area (Å²) in [7, 11) is 0. The Bertz CT molecular complexity index is 292. The van der Waals surface area contributed by atoms with E-state index >= 15 is 0 Å². The summed E-state index contributed by atoms with van der Waals surface area (Å²) in [5.74, 6) is -0.0211. The van der Waals surface area contributed by atoms with Crippen molar-refractivity contribution in [2.24, 2.45) is 0 Å². The zero-order valence-corrected chi connectivity index (χ0v) is 14.4. The fraction of sp³-hybridized carbons (Fsp3) is 0.938. The number of ether oxygens (including phenoxy) is 2. The van der Waals surface area contributed by atoms with Crippen LogP contribution in [0.4, 0.5) is 0 Å². The zero-order chi connectivity index (χ0) is 16.2. The molecular weight excluding hydrogens is 282 g/mol. The highest BCUT2D eigenvalue weighted by molar-refractivity contribution is 5.72. The number of hydrogen-bond acceptors (Lipinski definition) is 5. The van der Waals surface area contributed by atoms with Gasteiger partial charge in [-0.05, 0) is 25.9 Å². The van der Waals surface area contributed by atoms with Gasteiger partial charge in [-0.25, -0.2) is 0 Å². The fourth-order valence-electron chi connectivity index (χ4n) is 2.61. The Morgan fingerprint density at radius 1 is 1.14 bits per heavy atom. The summed E-state index contributed by atoms with van der Waals surface area (Å²) in [5, 5.41) is 6.30. The molecule has 0 aromatic heterocycles. The summed E-state index contributed by atoms with van der Waals surface area (Å²) < 4.78 is 11.0. The highest BCUT2D eigenvalue weighted by Gasteiger charge is 2.18. The second kappa shape index (κ2) is 11.8. The van der Waals surface area contributed by atoms with Crippen LogP contribution in [0.2, 0.25) is 0 Å². The molecule has 1 aliphatic heterocycles. The molecule has 0 radical (unpaired) electrons. The summed E-state index contributed by atoms with van der Waals surface area (Å²) >= 11 is 0.